The molecule has 0 spiro atoms. The molecule has 1 fully saturated rings. The van der Waals surface area contributed by atoms with E-state index in [1.807, 2.05) is 6.07 Å². The Morgan fingerprint density at radius 2 is 2.12 bits per heavy atom. The van der Waals surface area contributed by atoms with Gasteiger partial charge in [-0.15, -0.1) is 0 Å². The van der Waals surface area contributed by atoms with Crippen LogP contribution < -0.4 is 0 Å². The zero-order valence-electron chi connectivity index (χ0n) is 9.21. The van der Waals surface area contributed by atoms with Crippen molar-refractivity contribution in [2.45, 2.75) is 25.2 Å². The summed E-state index contributed by atoms with van der Waals surface area (Å²) < 4.78 is 13.1. The molecule has 88 valence electrons. The molecular formula is C13H12ClFN2. The summed E-state index contributed by atoms with van der Waals surface area (Å²) >= 11 is 5.76. The highest BCUT2D eigenvalue weighted by Gasteiger charge is 2.21. The third-order valence-electron chi connectivity index (χ3n) is 3.36. The minimum atomic E-state index is -0.398. The number of nitrogens with one attached hydrogen (secondary N) is 1. The van der Waals surface area contributed by atoms with Crippen LogP contribution in [0, 0.1) is 5.82 Å². The molecule has 0 bridgehead atoms. The van der Waals surface area contributed by atoms with Crippen LogP contribution in [0.25, 0.3) is 11.3 Å². The van der Waals surface area contributed by atoms with Crippen LogP contribution in [0.3, 0.4) is 0 Å². The second-order valence-electron chi connectivity index (χ2n) is 4.47. The molecule has 1 saturated carbocycles. The second-order valence-corrected chi connectivity index (χ2v) is 4.87. The Bertz CT molecular complexity index is 546. The van der Waals surface area contributed by atoms with E-state index in [1.165, 1.54) is 31.0 Å². The summed E-state index contributed by atoms with van der Waals surface area (Å²) in [7, 11) is 0. The number of halogens is 2. The highest BCUT2D eigenvalue weighted by molar-refractivity contribution is 6.31. The highest BCUT2D eigenvalue weighted by Crippen LogP contribution is 2.36. The van der Waals surface area contributed by atoms with Crippen molar-refractivity contribution in [3.63, 3.8) is 0 Å². The molecule has 0 unspecified atom stereocenters. The summed E-state index contributed by atoms with van der Waals surface area (Å²) in [5.74, 6) is 0.220. The van der Waals surface area contributed by atoms with E-state index >= 15 is 0 Å². The van der Waals surface area contributed by atoms with Crippen molar-refractivity contribution >= 4 is 11.6 Å². The van der Waals surface area contributed by atoms with Crippen LogP contribution in [0.1, 0.15) is 30.9 Å². The van der Waals surface area contributed by atoms with Gasteiger partial charge in [0.2, 0.25) is 0 Å². The fourth-order valence-corrected chi connectivity index (χ4v) is 2.25. The largest absolute Gasteiger partial charge is 0.282 e. The third-order valence-corrected chi connectivity index (χ3v) is 3.65. The van der Waals surface area contributed by atoms with Crippen LogP contribution in [0.4, 0.5) is 4.39 Å². The van der Waals surface area contributed by atoms with E-state index in [4.69, 9.17) is 11.6 Å². The lowest BCUT2D eigenvalue weighted by atomic mass is 9.83. The normalized spacial score (nSPS) is 15.9. The number of nitrogens with zero attached hydrogens (tertiary/aromatic N) is 1. The van der Waals surface area contributed by atoms with Crippen LogP contribution >= 0.6 is 11.6 Å². The molecule has 4 heteroatoms. The van der Waals surface area contributed by atoms with E-state index in [2.05, 4.69) is 10.2 Å². The Balaban J connectivity index is 1.92. The quantitative estimate of drug-likeness (QED) is 0.853. The summed E-state index contributed by atoms with van der Waals surface area (Å²) in [5, 5.41) is 7.44. The van der Waals surface area contributed by atoms with Gasteiger partial charge in [-0.05, 0) is 37.1 Å². The van der Waals surface area contributed by atoms with Gasteiger partial charge in [0.05, 0.1) is 10.7 Å². The average Bonchev–Trinajstić information content (AvgIpc) is 2.69. The van der Waals surface area contributed by atoms with E-state index in [0.29, 0.717) is 5.92 Å². The van der Waals surface area contributed by atoms with Gasteiger partial charge in [-0.2, -0.15) is 5.10 Å². The predicted octanol–water partition coefficient (Wildman–Crippen LogP) is 4.14. The van der Waals surface area contributed by atoms with Crippen LogP contribution in [0.5, 0.6) is 0 Å². The second kappa shape index (κ2) is 4.15. The summed E-state index contributed by atoms with van der Waals surface area (Å²) in [6, 6.07) is 6.71. The molecule has 1 aliphatic carbocycles. The SMILES string of the molecule is Fc1ccc(-c2cc(C3CCC3)[nH]n2)cc1Cl. The minimum Gasteiger partial charge on any atom is -0.282 e. The molecular weight excluding hydrogens is 239 g/mol. The van der Waals surface area contributed by atoms with Crippen molar-refractivity contribution in [2.75, 3.05) is 0 Å². The van der Waals surface area contributed by atoms with Crippen molar-refractivity contribution in [3.8, 4) is 11.3 Å². The monoisotopic (exact) mass is 250 g/mol. The standard InChI is InChI=1S/C13H12ClFN2/c14-10-6-9(4-5-11(10)15)13-7-12(16-17-13)8-2-1-3-8/h4-8H,1-3H2,(H,16,17). The van der Waals surface area contributed by atoms with E-state index in [9.17, 15) is 4.39 Å². The molecule has 1 aliphatic rings. The van der Waals surface area contributed by atoms with Gasteiger partial charge in [0.15, 0.2) is 0 Å². The Morgan fingerprint density at radius 3 is 2.76 bits per heavy atom. The number of benzene rings is 1. The fraction of sp³-hybridized carbons (Fsp3) is 0.308. The van der Waals surface area contributed by atoms with Crippen LogP contribution in [-0.4, -0.2) is 10.2 Å². The Morgan fingerprint density at radius 1 is 1.29 bits per heavy atom. The van der Waals surface area contributed by atoms with Gasteiger partial charge in [-0.1, -0.05) is 18.0 Å². The first-order valence-electron chi connectivity index (χ1n) is 5.75. The van der Waals surface area contributed by atoms with E-state index in [0.717, 1.165) is 11.3 Å². The van der Waals surface area contributed by atoms with Gasteiger partial charge < -0.3 is 0 Å². The lowest BCUT2D eigenvalue weighted by molar-refractivity contribution is 0.410. The topological polar surface area (TPSA) is 28.7 Å². The summed E-state index contributed by atoms with van der Waals surface area (Å²) in [6.07, 6.45) is 3.75. The van der Waals surface area contributed by atoms with Gasteiger partial charge in [0.25, 0.3) is 0 Å². The number of aromatic nitrogens is 2. The van der Waals surface area contributed by atoms with E-state index < -0.39 is 5.82 Å². The third kappa shape index (κ3) is 1.95. The first-order chi connectivity index (χ1) is 8.24. The van der Waals surface area contributed by atoms with E-state index in [1.54, 1.807) is 12.1 Å². The lowest BCUT2D eigenvalue weighted by Gasteiger charge is -2.23. The van der Waals surface area contributed by atoms with E-state index in [-0.39, 0.29) is 5.02 Å². The fourth-order valence-electron chi connectivity index (χ4n) is 2.07. The molecule has 0 atom stereocenters. The molecule has 1 N–H and O–H groups in total. The number of hydrogen-bond acceptors (Lipinski definition) is 1. The van der Waals surface area contributed by atoms with Crippen molar-refractivity contribution in [3.05, 3.63) is 40.8 Å². The number of rotatable bonds is 2. The molecule has 0 radical (unpaired) electrons. The molecule has 0 saturated heterocycles. The highest BCUT2D eigenvalue weighted by atomic mass is 35.5. The van der Waals surface area contributed by atoms with Crippen molar-refractivity contribution in [1.29, 1.82) is 0 Å². The van der Waals surface area contributed by atoms with Gasteiger partial charge in [-0.25, -0.2) is 4.39 Å². The maximum Gasteiger partial charge on any atom is 0.141 e. The first-order valence-corrected chi connectivity index (χ1v) is 6.12. The molecule has 3 rings (SSSR count). The summed E-state index contributed by atoms with van der Waals surface area (Å²) in [5.41, 5.74) is 2.85. The zero-order valence-corrected chi connectivity index (χ0v) is 9.97. The maximum absolute atomic E-state index is 13.1. The molecule has 2 aromatic rings. The maximum atomic E-state index is 13.1. The van der Waals surface area contributed by atoms with Gasteiger partial charge in [0.1, 0.15) is 5.82 Å². The van der Waals surface area contributed by atoms with Crippen LogP contribution in [0.15, 0.2) is 24.3 Å². The molecule has 2 nitrogen and oxygen atoms in total. The van der Waals surface area contributed by atoms with Gasteiger partial charge in [-0.3, -0.25) is 5.10 Å². The average molecular weight is 251 g/mol. The summed E-state index contributed by atoms with van der Waals surface area (Å²) in [6.45, 7) is 0. The molecule has 1 aromatic heterocycles. The minimum absolute atomic E-state index is 0.135. The van der Waals surface area contributed by atoms with Crippen molar-refractivity contribution in [1.82, 2.24) is 10.2 Å². The Labute approximate surface area is 104 Å². The molecule has 17 heavy (non-hydrogen) atoms. The number of aromatic amines is 1. The first kappa shape index (κ1) is 10.8. The smallest absolute Gasteiger partial charge is 0.141 e. The number of H-pyrrole nitrogens is 1. The van der Waals surface area contributed by atoms with Crippen molar-refractivity contribution < 1.29 is 4.39 Å². The lowest BCUT2D eigenvalue weighted by Crippen LogP contribution is -2.08. The Kier molecular flexibility index (Phi) is 2.63. The molecule has 1 heterocycles. The Hall–Kier alpha value is -1.35. The predicted molar refractivity (Wildman–Crippen MR) is 65.6 cm³/mol. The van der Waals surface area contributed by atoms with Crippen LogP contribution in [0.2, 0.25) is 5.02 Å². The van der Waals surface area contributed by atoms with Gasteiger partial charge >= 0.3 is 0 Å². The molecule has 0 amide bonds. The molecule has 0 aliphatic heterocycles. The zero-order chi connectivity index (χ0) is 11.8. The van der Waals surface area contributed by atoms with Crippen LogP contribution in [-0.2, 0) is 0 Å². The number of hydrogen-bond donors (Lipinski definition) is 1. The molecule has 1 aromatic carbocycles. The van der Waals surface area contributed by atoms with Gasteiger partial charge in [0, 0.05) is 17.2 Å². The summed E-state index contributed by atoms with van der Waals surface area (Å²) in [4.78, 5) is 0. The van der Waals surface area contributed by atoms with Crippen molar-refractivity contribution in [2.24, 2.45) is 0 Å².